The Hall–Kier alpha value is -0.880. The van der Waals surface area contributed by atoms with Gasteiger partial charge in [0.1, 0.15) is 5.82 Å². The molecule has 5 nitrogen and oxygen atoms in total. The molecule has 1 aliphatic heterocycles. The Morgan fingerprint density at radius 1 is 1.42 bits per heavy atom. The first kappa shape index (κ1) is 14.5. The van der Waals surface area contributed by atoms with Gasteiger partial charge in [0.15, 0.2) is 0 Å². The molecule has 0 amide bonds. The lowest BCUT2D eigenvalue weighted by Gasteiger charge is -2.22. The number of anilines is 2. The molecular weight excluding hydrogens is 306 g/mol. The highest BCUT2D eigenvalue weighted by molar-refractivity contribution is 9.10. The van der Waals surface area contributed by atoms with E-state index in [2.05, 4.69) is 48.4 Å². The van der Waals surface area contributed by atoms with Gasteiger partial charge in [0.2, 0.25) is 5.95 Å². The number of likely N-dealkylation sites (tertiary alicyclic amines) is 1. The van der Waals surface area contributed by atoms with Crippen LogP contribution in [0.2, 0.25) is 0 Å². The fourth-order valence-electron chi connectivity index (χ4n) is 2.34. The number of aromatic nitrogens is 2. The van der Waals surface area contributed by atoms with E-state index < -0.39 is 0 Å². The predicted octanol–water partition coefficient (Wildman–Crippen LogP) is 2.57. The second-order valence-electron chi connectivity index (χ2n) is 4.97. The van der Waals surface area contributed by atoms with Crippen molar-refractivity contribution in [1.29, 1.82) is 0 Å². The van der Waals surface area contributed by atoms with Crippen LogP contribution < -0.4 is 10.6 Å². The van der Waals surface area contributed by atoms with Crippen molar-refractivity contribution in [3.8, 4) is 0 Å². The Labute approximate surface area is 123 Å². The average molecular weight is 328 g/mol. The molecule has 1 fully saturated rings. The standard InChI is InChI=1S/C13H22BrN5/c1-3-15-13-16-8-11(14)12(18-13)17-10(2)9-19-6-4-5-7-19/h8,10H,3-7,9H2,1-2H3,(H2,15,16,17,18). The molecule has 1 atom stereocenters. The molecule has 1 aliphatic rings. The minimum absolute atomic E-state index is 0.374. The zero-order chi connectivity index (χ0) is 13.7. The molecule has 1 aromatic heterocycles. The maximum atomic E-state index is 4.48. The fraction of sp³-hybridized carbons (Fsp3) is 0.692. The van der Waals surface area contributed by atoms with Crippen molar-refractivity contribution in [1.82, 2.24) is 14.9 Å². The zero-order valence-electron chi connectivity index (χ0n) is 11.6. The van der Waals surface area contributed by atoms with Crippen LogP contribution in [0.4, 0.5) is 11.8 Å². The monoisotopic (exact) mass is 327 g/mol. The van der Waals surface area contributed by atoms with Gasteiger partial charge in [-0.2, -0.15) is 4.98 Å². The van der Waals surface area contributed by atoms with Gasteiger partial charge in [-0.05, 0) is 55.7 Å². The molecule has 6 heteroatoms. The highest BCUT2D eigenvalue weighted by Gasteiger charge is 2.15. The van der Waals surface area contributed by atoms with E-state index in [9.17, 15) is 0 Å². The van der Waals surface area contributed by atoms with Crippen molar-refractivity contribution >= 4 is 27.7 Å². The van der Waals surface area contributed by atoms with Crippen molar-refractivity contribution < 1.29 is 0 Å². The summed E-state index contributed by atoms with van der Waals surface area (Å²) in [6.45, 7) is 8.56. The molecule has 2 heterocycles. The molecule has 0 aromatic carbocycles. The molecule has 0 radical (unpaired) electrons. The lowest BCUT2D eigenvalue weighted by atomic mass is 10.3. The van der Waals surface area contributed by atoms with E-state index in [-0.39, 0.29) is 0 Å². The Kier molecular flexibility index (Phi) is 5.39. The lowest BCUT2D eigenvalue weighted by Crippen LogP contribution is -2.33. The van der Waals surface area contributed by atoms with Gasteiger partial charge in [0.05, 0.1) is 4.47 Å². The van der Waals surface area contributed by atoms with Crippen molar-refractivity contribution in [2.75, 3.05) is 36.8 Å². The normalized spacial score (nSPS) is 17.4. The van der Waals surface area contributed by atoms with Crippen LogP contribution in [0.5, 0.6) is 0 Å². The molecule has 1 aromatic rings. The van der Waals surface area contributed by atoms with Crippen LogP contribution in [0, 0.1) is 0 Å². The van der Waals surface area contributed by atoms with Gasteiger partial charge in [-0.3, -0.25) is 0 Å². The van der Waals surface area contributed by atoms with Gasteiger partial charge in [0.25, 0.3) is 0 Å². The van der Waals surface area contributed by atoms with Gasteiger partial charge in [-0.1, -0.05) is 0 Å². The third kappa shape index (κ3) is 4.31. The van der Waals surface area contributed by atoms with Gasteiger partial charge in [-0.15, -0.1) is 0 Å². The van der Waals surface area contributed by atoms with Crippen molar-refractivity contribution in [2.45, 2.75) is 32.7 Å². The molecule has 2 N–H and O–H groups in total. The van der Waals surface area contributed by atoms with E-state index >= 15 is 0 Å². The lowest BCUT2D eigenvalue weighted by molar-refractivity contribution is 0.327. The van der Waals surface area contributed by atoms with Gasteiger partial charge < -0.3 is 15.5 Å². The van der Waals surface area contributed by atoms with Crippen molar-refractivity contribution in [3.05, 3.63) is 10.7 Å². The van der Waals surface area contributed by atoms with E-state index in [4.69, 9.17) is 0 Å². The largest absolute Gasteiger partial charge is 0.365 e. The van der Waals surface area contributed by atoms with Crippen molar-refractivity contribution in [2.24, 2.45) is 0 Å². The SMILES string of the molecule is CCNc1ncc(Br)c(NC(C)CN2CCCC2)n1. The summed E-state index contributed by atoms with van der Waals surface area (Å²) in [5, 5.41) is 6.58. The van der Waals surface area contributed by atoms with E-state index in [0.29, 0.717) is 12.0 Å². The van der Waals surface area contributed by atoms with Crippen LogP contribution in [-0.4, -0.2) is 47.1 Å². The van der Waals surface area contributed by atoms with Crippen LogP contribution in [-0.2, 0) is 0 Å². The summed E-state index contributed by atoms with van der Waals surface area (Å²) in [5.74, 6) is 1.53. The van der Waals surface area contributed by atoms with E-state index in [1.54, 1.807) is 6.20 Å². The second-order valence-corrected chi connectivity index (χ2v) is 5.83. The Morgan fingerprint density at radius 3 is 2.84 bits per heavy atom. The first-order valence-corrected chi connectivity index (χ1v) is 7.73. The minimum atomic E-state index is 0.374. The molecule has 2 rings (SSSR count). The molecule has 0 spiro atoms. The fourth-order valence-corrected chi connectivity index (χ4v) is 2.65. The first-order chi connectivity index (χ1) is 9.19. The molecule has 106 valence electrons. The smallest absolute Gasteiger partial charge is 0.224 e. The van der Waals surface area contributed by atoms with Crippen molar-refractivity contribution in [3.63, 3.8) is 0 Å². The van der Waals surface area contributed by atoms with Crippen LogP contribution in [0.25, 0.3) is 0 Å². The van der Waals surface area contributed by atoms with Crippen LogP contribution in [0.15, 0.2) is 10.7 Å². The number of nitrogens with zero attached hydrogens (tertiary/aromatic N) is 3. The molecular formula is C13H22BrN5. The molecule has 0 saturated carbocycles. The molecule has 0 bridgehead atoms. The topological polar surface area (TPSA) is 53.1 Å². The molecule has 1 unspecified atom stereocenters. The maximum Gasteiger partial charge on any atom is 0.224 e. The predicted molar refractivity (Wildman–Crippen MR) is 82.7 cm³/mol. The summed E-state index contributed by atoms with van der Waals surface area (Å²) in [7, 11) is 0. The maximum absolute atomic E-state index is 4.48. The summed E-state index contributed by atoms with van der Waals surface area (Å²) in [5.41, 5.74) is 0. The van der Waals surface area contributed by atoms with E-state index in [1.165, 1.54) is 25.9 Å². The number of nitrogens with one attached hydrogen (secondary N) is 2. The summed E-state index contributed by atoms with van der Waals surface area (Å²) in [4.78, 5) is 11.2. The zero-order valence-corrected chi connectivity index (χ0v) is 13.2. The highest BCUT2D eigenvalue weighted by atomic mass is 79.9. The molecule has 0 aliphatic carbocycles. The summed E-state index contributed by atoms with van der Waals surface area (Å²) < 4.78 is 0.905. The molecule has 1 saturated heterocycles. The highest BCUT2D eigenvalue weighted by Crippen LogP contribution is 2.21. The third-order valence-electron chi connectivity index (χ3n) is 3.19. The van der Waals surface area contributed by atoms with Crippen LogP contribution >= 0.6 is 15.9 Å². The quantitative estimate of drug-likeness (QED) is 0.841. The number of halogens is 1. The molecule has 19 heavy (non-hydrogen) atoms. The number of rotatable bonds is 6. The third-order valence-corrected chi connectivity index (χ3v) is 3.77. The van der Waals surface area contributed by atoms with E-state index in [1.807, 2.05) is 6.92 Å². The Morgan fingerprint density at radius 2 is 2.16 bits per heavy atom. The van der Waals surface area contributed by atoms with Gasteiger partial charge in [-0.25, -0.2) is 4.98 Å². The summed E-state index contributed by atoms with van der Waals surface area (Å²) in [6, 6.07) is 0.374. The summed E-state index contributed by atoms with van der Waals surface area (Å²) >= 11 is 3.49. The first-order valence-electron chi connectivity index (χ1n) is 6.94. The van der Waals surface area contributed by atoms with E-state index in [0.717, 1.165) is 23.4 Å². The second kappa shape index (κ2) is 7.05. The number of hydrogen-bond acceptors (Lipinski definition) is 5. The van der Waals surface area contributed by atoms with Gasteiger partial charge in [0, 0.05) is 25.3 Å². The summed E-state index contributed by atoms with van der Waals surface area (Å²) in [6.07, 6.45) is 4.44. The number of hydrogen-bond donors (Lipinski definition) is 2. The van der Waals surface area contributed by atoms with Crippen LogP contribution in [0.3, 0.4) is 0 Å². The Balaban J connectivity index is 1.94. The van der Waals surface area contributed by atoms with Crippen LogP contribution in [0.1, 0.15) is 26.7 Å². The minimum Gasteiger partial charge on any atom is -0.365 e. The Bertz CT molecular complexity index is 406. The van der Waals surface area contributed by atoms with Gasteiger partial charge >= 0.3 is 0 Å². The average Bonchev–Trinajstić information content (AvgIpc) is 2.86.